The predicted molar refractivity (Wildman–Crippen MR) is 69.6 cm³/mol. The lowest BCUT2D eigenvalue weighted by atomic mass is 10.2. The number of carbonyl (C=O) groups excluding carboxylic acids is 1. The molecule has 0 radical (unpaired) electrons. The third kappa shape index (κ3) is 3.75. The van der Waals surface area contributed by atoms with Crippen LogP contribution in [0.4, 0.5) is 5.69 Å². The van der Waals surface area contributed by atoms with E-state index in [1.54, 1.807) is 19.9 Å². The van der Waals surface area contributed by atoms with Gasteiger partial charge in [0.05, 0.1) is 12.3 Å². The van der Waals surface area contributed by atoms with E-state index in [-0.39, 0.29) is 5.71 Å². The van der Waals surface area contributed by atoms with Gasteiger partial charge >= 0.3 is 5.97 Å². The summed E-state index contributed by atoms with van der Waals surface area (Å²) < 4.78 is 4.81. The van der Waals surface area contributed by atoms with Crippen molar-refractivity contribution in [2.45, 2.75) is 20.8 Å². The van der Waals surface area contributed by atoms with Gasteiger partial charge in [-0.2, -0.15) is 5.10 Å². The highest BCUT2D eigenvalue weighted by Crippen LogP contribution is 2.22. The highest BCUT2D eigenvalue weighted by Gasteiger charge is 2.06. The lowest BCUT2D eigenvalue weighted by Gasteiger charge is -2.07. The Morgan fingerprint density at radius 3 is 2.88 bits per heavy atom. The van der Waals surface area contributed by atoms with Gasteiger partial charge in [0, 0.05) is 5.02 Å². The van der Waals surface area contributed by atoms with Gasteiger partial charge in [-0.05, 0) is 38.5 Å². The fraction of sp³-hybridized carbons (Fsp3) is 0.333. The summed E-state index contributed by atoms with van der Waals surface area (Å²) in [5.74, 6) is -0.431. The zero-order chi connectivity index (χ0) is 12.8. The summed E-state index contributed by atoms with van der Waals surface area (Å²) in [4.78, 5) is 11.3. The van der Waals surface area contributed by atoms with Gasteiger partial charge < -0.3 is 4.74 Å². The molecular formula is C12H15ClN2O2. The van der Waals surface area contributed by atoms with Crippen molar-refractivity contribution in [2.24, 2.45) is 5.10 Å². The number of carbonyl (C=O) groups is 1. The van der Waals surface area contributed by atoms with Gasteiger partial charge in [0.2, 0.25) is 0 Å². The highest BCUT2D eigenvalue weighted by molar-refractivity contribution is 6.35. The third-order valence-corrected chi connectivity index (χ3v) is 2.59. The molecule has 0 saturated carbocycles. The summed E-state index contributed by atoms with van der Waals surface area (Å²) in [6.07, 6.45) is 0. The van der Waals surface area contributed by atoms with Gasteiger partial charge in [-0.3, -0.25) is 5.43 Å². The average molecular weight is 255 g/mol. The Morgan fingerprint density at radius 1 is 1.53 bits per heavy atom. The van der Waals surface area contributed by atoms with Crippen LogP contribution in [0.1, 0.15) is 19.4 Å². The first-order chi connectivity index (χ1) is 8.06. The number of ether oxygens (including phenoxy) is 1. The molecule has 1 N–H and O–H groups in total. The largest absolute Gasteiger partial charge is 0.461 e. The van der Waals surface area contributed by atoms with Crippen molar-refractivity contribution in [3.63, 3.8) is 0 Å². The van der Waals surface area contributed by atoms with Crippen LogP contribution in [0.2, 0.25) is 5.02 Å². The molecule has 0 fully saturated rings. The summed E-state index contributed by atoms with van der Waals surface area (Å²) in [6, 6.07) is 5.44. The third-order valence-electron chi connectivity index (χ3n) is 2.18. The van der Waals surface area contributed by atoms with Gasteiger partial charge in [0.25, 0.3) is 0 Å². The number of hydrazone groups is 1. The van der Waals surface area contributed by atoms with Crippen molar-refractivity contribution in [1.82, 2.24) is 0 Å². The number of esters is 1. The molecule has 0 aliphatic rings. The molecule has 1 aromatic carbocycles. The monoisotopic (exact) mass is 254 g/mol. The van der Waals surface area contributed by atoms with Gasteiger partial charge in [0.1, 0.15) is 5.71 Å². The van der Waals surface area contributed by atoms with E-state index in [9.17, 15) is 4.79 Å². The molecule has 1 aromatic rings. The summed E-state index contributed by atoms with van der Waals surface area (Å²) in [6.45, 7) is 5.55. The summed E-state index contributed by atoms with van der Waals surface area (Å²) >= 11 is 5.96. The molecule has 0 amide bonds. The fourth-order valence-corrected chi connectivity index (χ4v) is 1.33. The van der Waals surface area contributed by atoms with Crippen LogP contribution in [-0.2, 0) is 9.53 Å². The van der Waals surface area contributed by atoms with Crippen LogP contribution >= 0.6 is 11.6 Å². The van der Waals surface area contributed by atoms with Crippen molar-refractivity contribution in [3.05, 3.63) is 28.8 Å². The Morgan fingerprint density at radius 2 is 2.24 bits per heavy atom. The Hall–Kier alpha value is -1.55. The van der Waals surface area contributed by atoms with E-state index >= 15 is 0 Å². The molecule has 0 aliphatic heterocycles. The average Bonchev–Trinajstić information content (AvgIpc) is 2.31. The maximum atomic E-state index is 11.3. The molecule has 92 valence electrons. The van der Waals surface area contributed by atoms with Gasteiger partial charge in [0.15, 0.2) is 0 Å². The predicted octanol–water partition coefficient (Wildman–Crippen LogP) is 3.00. The second-order valence-electron chi connectivity index (χ2n) is 3.44. The standard InChI is InChI=1S/C12H15ClN2O2/c1-4-17-12(16)9(3)14-15-11-7-5-6-10(13)8(11)2/h5-7,15H,4H2,1-3H3/b14-9+. The van der Waals surface area contributed by atoms with Crippen LogP contribution in [0.5, 0.6) is 0 Å². The summed E-state index contributed by atoms with van der Waals surface area (Å²) in [5, 5.41) is 4.60. The maximum absolute atomic E-state index is 11.3. The van der Waals surface area contributed by atoms with Crippen LogP contribution < -0.4 is 5.43 Å². The molecule has 0 atom stereocenters. The Bertz CT molecular complexity index is 444. The maximum Gasteiger partial charge on any atom is 0.354 e. The van der Waals surface area contributed by atoms with E-state index in [0.29, 0.717) is 11.6 Å². The minimum atomic E-state index is -0.431. The number of halogens is 1. The van der Waals surface area contributed by atoms with Crippen molar-refractivity contribution in [2.75, 3.05) is 12.0 Å². The molecule has 0 saturated heterocycles. The first-order valence-electron chi connectivity index (χ1n) is 5.28. The van der Waals surface area contributed by atoms with Gasteiger partial charge in [-0.25, -0.2) is 4.79 Å². The Labute approximate surface area is 106 Å². The molecular weight excluding hydrogens is 240 g/mol. The van der Waals surface area contributed by atoms with Crippen LogP contribution in [-0.4, -0.2) is 18.3 Å². The molecule has 0 bridgehead atoms. The number of hydrogen-bond acceptors (Lipinski definition) is 4. The number of anilines is 1. The van der Waals surface area contributed by atoms with Gasteiger partial charge in [-0.1, -0.05) is 17.7 Å². The molecule has 0 unspecified atom stereocenters. The van der Waals surface area contributed by atoms with E-state index < -0.39 is 5.97 Å². The van der Waals surface area contributed by atoms with Crippen LogP contribution in [0.15, 0.2) is 23.3 Å². The Kier molecular flexibility index (Phi) is 4.97. The quantitative estimate of drug-likeness (QED) is 0.511. The van der Waals surface area contributed by atoms with Gasteiger partial charge in [-0.15, -0.1) is 0 Å². The van der Waals surface area contributed by atoms with Crippen LogP contribution in [0, 0.1) is 6.92 Å². The lowest BCUT2D eigenvalue weighted by molar-refractivity contribution is -0.135. The molecule has 4 nitrogen and oxygen atoms in total. The molecule has 1 rings (SSSR count). The molecule has 17 heavy (non-hydrogen) atoms. The highest BCUT2D eigenvalue weighted by atomic mass is 35.5. The zero-order valence-electron chi connectivity index (χ0n) is 10.1. The van der Waals surface area contributed by atoms with E-state index in [1.807, 2.05) is 19.1 Å². The lowest BCUT2D eigenvalue weighted by Crippen LogP contribution is -2.15. The number of rotatable bonds is 4. The Balaban J connectivity index is 2.75. The second-order valence-corrected chi connectivity index (χ2v) is 3.85. The molecule has 5 heteroatoms. The number of benzene rings is 1. The van der Waals surface area contributed by atoms with E-state index in [0.717, 1.165) is 11.3 Å². The SMILES string of the molecule is CCOC(=O)/C(C)=N/Nc1cccc(Cl)c1C. The summed E-state index contributed by atoms with van der Waals surface area (Å²) in [5.41, 5.74) is 4.71. The number of nitrogens with one attached hydrogen (secondary N) is 1. The van der Waals surface area contributed by atoms with E-state index in [4.69, 9.17) is 16.3 Å². The minimum Gasteiger partial charge on any atom is -0.461 e. The topological polar surface area (TPSA) is 50.7 Å². The van der Waals surface area contributed by atoms with Crippen LogP contribution in [0.3, 0.4) is 0 Å². The zero-order valence-corrected chi connectivity index (χ0v) is 10.8. The van der Waals surface area contributed by atoms with Crippen molar-refractivity contribution in [3.8, 4) is 0 Å². The van der Waals surface area contributed by atoms with Crippen LogP contribution in [0.25, 0.3) is 0 Å². The first-order valence-corrected chi connectivity index (χ1v) is 5.66. The fourth-order valence-electron chi connectivity index (χ4n) is 1.15. The first kappa shape index (κ1) is 13.5. The van der Waals surface area contributed by atoms with Crippen molar-refractivity contribution < 1.29 is 9.53 Å². The molecule has 0 aliphatic carbocycles. The second kappa shape index (κ2) is 6.25. The molecule has 0 spiro atoms. The van der Waals surface area contributed by atoms with E-state index in [2.05, 4.69) is 10.5 Å². The number of nitrogens with zero attached hydrogens (tertiary/aromatic N) is 1. The smallest absolute Gasteiger partial charge is 0.354 e. The number of hydrogen-bond donors (Lipinski definition) is 1. The summed E-state index contributed by atoms with van der Waals surface area (Å²) in [7, 11) is 0. The molecule has 0 aromatic heterocycles. The normalized spacial score (nSPS) is 11.2. The van der Waals surface area contributed by atoms with Crippen molar-refractivity contribution >= 4 is 29.0 Å². The minimum absolute atomic E-state index is 0.270. The van der Waals surface area contributed by atoms with Crippen molar-refractivity contribution in [1.29, 1.82) is 0 Å². The van der Waals surface area contributed by atoms with E-state index in [1.165, 1.54) is 0 Å². The molecule has 0 heterocycles.